The van der Waals surface area contributed by atoms with Crippen molar-refractivity contribution in [2.75, 3.05) is 5.32 Å². The highest BCUT2D eigenvalue weighted by atomic mass is 32.2. The van der Waals surface area contributed by atoms with Gasteiger partial charge in [0, 0.05) is 11.3 Å². The molecule has 0 aliphatic carbocycles. The van der Waals surface area contributed by atoms with Crippen molar-refractivity contribution in [1.29, 1.82) is 0 Å². The summed E-state index contributed by atoms with van der Waals surface area (Å²) >= 11 is 1.19. The molecule has 1 heterocycles. The molecule has 194 valence electrons. The zero-order valence-corrected chi connectivity index (χ0v) is 22.1. The third-order valence-corrected chi connectivity index (χ3v) is 7.08. The van der Waals surface area contributed by atoms with Gasteiger partial charge in [0.25, 0.3) is 5.56 Å². The van der Waals surface area contributed by atoms with Gasteiger partial charge in [0.1, 0.15) is 11.5 Å². The number of rotatable bonds is 8. The van der Waals surface area contributed by atoms with Gasteiger partial charge in [-0.25, -0.2) is 4.98 Å². The van der Waals surface area contributed by atoms with E-state index in [0.29, 0.717) is 44.5 Å². The molecule has 1 amide bonds. The smallest absolute Gasteiger partial charge is 0.266 e. The summed E-state index contributed by atoms with van der Waals surface area (Å²) in [7, 11) is 0. The highest BCUT2D eigenvalue weighted by Crippen LogP contribution is 2.28. The fourth-order valence-corrected chi connectivity index (χ4v) is 4.88. The van der Waals surface area contributed by atoms with Crippen LogP contribution in [0.25, 0.3) is 16.6 Å². The van der Waals surface area contributed by atoms with Gasteiger partial charge in [-0.2, -0.15) is 0 Å². The Labute approximate surface area is 229 Å². The van der Waals surface area contributed by atoms with Gasteiger partial charge in [-0.3, -0.25) is 19.0 Å². The Bertz CT molecular complexity index is 1700. The van der Waals surface area contributed by atoms with Gasteiger partial charge in [0.2, 0.25) is 5.91 Å². The van der Waals surface area contributed by atoms with Gasteiger partial charge >= 0.3 is 0 Å². The molecule has 5 rings (SSSR count). The van der Waals surface area contributed by atoms with E-state index < -0.39 is 5.25 Å². The van der Waals surface area contributed by atoms with Gasteiger partial charge in [0.05, 0.1) is 21.8 Å². The van der Waals surface area contributed by atoms with Crippen LogP contribution in [-0.4, -0.2) is 26.5 Å². The van der Waals surface area contributed by atoms with Gasteiger partial charge in [-0.15, -0.1) is 0 Å². The van der Waals surface area contributed by atoms with Crippen LogP contribution in [0.15, 0.2) is 113 Å². The number of Topliss-reactive ketones (excluding diaryl/α,β-unsaturated/α-hetero) is 1. The lowest BCUT2D eigenvalue weighted by atomic mass is 10.1. The summed E-state index contributed by atoms with van der Waals surface area (Å²) in [6.45, 7) is 3.25. The Hall–Kier alpha value is -4.69. The minimum Gasteiger partial charge on any atom is -0.457 e. The molecule has 8 heteroatoms. The Morgan fingerprint density at radius 2 is 1.49 bits per heavy atom. The number of aromatic nitrogens is 2. The predicted octanol–water partition coefficient (Wildman–Crippen LogP) is 6.50. The number of fused-ring (bicyclic) bond motifs is 1. The van der Waals surface area contributed by atoms with Gasteiger partial charge in [0.15, 0.2) is 10.9 Å². The average Bonchev–Trinajstić information content (AvgIpc) is 2.95. The fourth-order valence-electron chi connectivity index (χ4n) is 3.95. The molecule has 1 aromatic heterocycles. The van der Waals surface area contributed by atoms with Crippen molar-refractivity contribution >= 4 is 40.0 Å². The lowest BCUT2D eigenvalue weighted by molar-refractivity contribution is -0.115. The number of hydrogen-bond acceptors (Lipinski definition) is 6. The van der Waals surface area contributed by atoms with E-state index in [4.69, 9.17) is 9.72 Å². The van der Waals surface area contributed by atoms with Crippen LogP contribution < -0.4 is 15.6 Å². The van der Waals surface area contributed by atoms with Crippen molar-refractivity contribution < 1.29 is 14.3 Å². The monoisotopic (exact) mass is 535 g/mol. The molecule has 1 N–H and O–H groups in total. The average molecular weight is 536 g/mol. The standard InChI is InChI=1S/C31H25N3O4S/c1-20(35)22-12-14-23(15-13-22)32-29(36)21(2)39-31-33-28-11-7-6-10-27(28)30(37)34(31)24-16-18-26(19-17-24)38-25-8-4-3-5-9-25/h3-19,21H,1-2H3,(H,32,36)/t21-/m0/s1. The Morgan fingerprint density at radius 1 is 0.846 bits per heavy atom. The number of hydrogen-bond donors (Lipinski definition) is 1. The van der Waals surface area contributed by atoms with Crippen LogP contribution in [0, 0.1) is 0 Å². The largest absolute Gasteiger partial charge is 0.457 e. The van der Waals surface area contributed by atoms with Crippen LogP contribution in [0.1, 0.15) is 24.2 Å². The normalized spacial score (nSPS) is 11.6. The quantitative estimate of drug-likeness (QED) is 0.139. The van der Waals surface area contributed by atoms with E-state index in [9.17, 15) is 14.4 Å². The number of anilines is 1. The molecule has 1 atom stereocenters. The molecule has 0 spiro atoms. The second-order valence-electron chi connectivity index (χ2n) is 8.84. The van der Waals surface area contributed by atoms with Crippen LogP contribution in [0.4, 0.5) is 5.69 Å². The summed E-state index contributed by atoms with van der Waals surface area (Å²) in [4.78, 5) is 42.9. The van der Waals surface area contributed by atoms with E-state index in [-0.39, 0.29) is 17.2 Å². The van der Waals surface area contributed by atoms with E-state index in [0.717, 1.165) is 0 Å². The lowest BCUT2D eigenvalue weighted by Gasteiger charge is -2.17. The molecule has 5 aromatic rings. The lowest BCUT2D eigenvalue weighted by Crippen LogP contribution is -2.26. The van der Waals surface area contributed by atoms with Crippen molar-refractivity contribution in [3.63, 3.8) is 0 Å². The molecule has 0 aliphatic heterocycles. The second-order valence-corrected chi connectivity index (χ2v) is 10.2. The maximum atomic E-state index is 13.6. The number of amides is 1. The van der Waals surface area contributed by atoms with Gasteiger partial charge in [-0.05, 0) is 86.6 Å². The van der Waals surface area contributed by atoms with Crippen LogP contribution in [0.5, 0.6) is 11.5 Å². The molecule has 0 fully saturated rings. The first-order chi connectivity index (χ1) is 18.9. The van der Waals surface area contributed by atoms with Gasteiger partial charge < -0.3 is 10.1 Å². The topological polar surface area (TPSA) is 90.3 Å². The van der Waals surface area contributed by atoms with Crippen LogP contribution in [0.3, 0.4) is 0 Å². The summed E-state index contributed by atoms with van der Waals surface area (Å²) in [6, 6.07) is 30.5. The SMILES string of the molecule is CC(=O)c1ccc(NC(=O)[C@H](C)Sc2nc3ccccc3c(=O)n2-c2ccc(Oc3ccccc3)cc2)cc1. The van der Waals surface area contributed by atoms with Gasteiger partial charge in [-0.1, -0.05) is 42.1 Å². The molecular formula is C31H25N3O4S. The first-order valence-corrected chi connectivity index (χ1v) is 13.2. The molecule has 39 heavy (non-hydrogen) atoms. The molecule has 7 nitrogen and oxygen atoms in total. The minimum atomic E-state index is -0.572. The number of thioether (sulfide) groups is 1. The second kappa shape index (κ2) is 11.4. The third-order valence-electron chi connectivity index (χ3n) is 6.03. The maximum Gasteiger partial charge on any atom is 0.266 e. The number of nitrogens with zero attached hydrogens (tertiary/aromatic N) is 2. The highest BCUT2D eigenvalue weighted by Gasteiger charge is 2.21. The molecule has 0 radical (unpaired) electrons. The van der Waals surface area contributed by atoms with Crippen LogP contribution in [0.2, 0.25) is 0 Å². The molecule has 0 saturated carbocycles. The Kier molecular flexibility index (Phi) is 7.56. The number of ether oxygens (including phenoxy) is 1. The fraction of sp³-hybridized carbons (Fsp3) is 0.0968. The van der Waals surface area contributed by atoms with E-state index in [2.05, 4.69) is 5.32 Å². The molecule has 0 saturated heterocycles. The summed E-state index contributed by atoms with van der Waals surface area (Å²) in [6.07, 6.45) is 0. The summed E-state index contributed by atoms with van der Waals surface area (Å²) < 4.78 is 7.41. The van der Waals surface area contributed by atoms with Crippen molar-refractivity contribution in [3.8, 4) is 17.2 Å². The van der Waals surface area contributed by atoms with E-state index >= 15 is 0 Å². The minimum absolute atomic E-state index is 0.0446. The summed E-state index contributed by atoms with van der Waals surface area (Å²) in [5.74, 6) is 1.04. The molecule has 0 unspecified atom stereocenters. The Morgan fingerprint density at radius 3 is 2.18 bits per heavy atom. The van der Waals surface area contributed by atoms with Crippen molar-refractivity contribution in [3.05, 3.63) is 119 Å². The zero-order valence-electron chi connectivity index (χ0n) is 21.3. The number of para-hydroxylation sites is 2. The number of carbonyl (C=O) groups is 2. The number of carbonyl (C=O) groups excluding carboxylic acids is 2. The Balaban J connectivity index is 1.43. The summed E-state index contributed by atoms with van der Waals surface area (Å²) in [5, 5.41) is 3.17. The number of nitrogens with one attached hydrogen (secondary N) is 1. The molecule has 4 aromatic carbocycles. The molecule has 0 aliphatic rings. The van der Waals surface area contributed by atoms with E-state index in [1.165, 1.54) is 23.3 Å². The van der Waals surface area contributed by atoms with E-state index in [1.54, 1.807) is 73.7 Å². The number of benzene rings is 4. The zero-order chi connectivity index (χ0) is 27.4. The van der Waals surface area contributed by atoms with Crippen molar-refractivity contribution in [2.24, 2.45) is 0 Å². The maximum absolute atomic E-state index is 13.6. The number of ketones is 1. The van der Waals surface area contributed by atoms with Crippen LogP contribution in [-0.2, 0) is 4.79 Å². The first kappa shape index (κ1) is 25.9. The summed E-state index contributed by atoms with van der Waals surface area (Å²) in [5.41, 5.74) is 2.08. The van der Waals surface area contributed by atoms with Crippen molar-refractivity contribution in [1.82, 2.24) is 9.55 Å². The van der Waals surface area contributed by atoms with Crippen molar-refractivity contribution in [2.45, 2.75) is 24.3 Å². The van der Waals surface area contributed by atoms with Crippen LogP contribution >= 0.6 is 11.8 Å². The first-order valence-electron chi connectivity index (χ1n) is 12.3. The third kappa shape index (κ3) is 5.91. The predicted molar refractivity (Wildman–Crippen MR) is 154 cm³/mol. The highest BCUT2D eigenvalue weighted by molar-refractivity contribution is 8.00. The molecule has 0 bridgehead atoms. The van der Waals surface area contributed by atoms with E-state index in [1.807, 2.05) is 36.4 Å². The molecular weight excluding hydrogens is 510 g/mol.